The molecule has 2 aromatic rings. The van der Waals surface area contributed by atoms with Gasteiger partial charge in [-0.2, -0.15) is 0 Å². The average Bonchev–Trinajstić information content (AvgIpc) is 2.69. The molecule has 0 aromatic heterocycles. The summed E-state index contributed by atoms with van der Waals surface area (Å²) in [5, 5.41) is 2.47. The Hall–Kier alpha value is -1.57. The Kier molecular flexibility index (Phi) is 7.47. The standard InChI is InChI=1S/C19H22F3IN4O2S/c1-26-6-8-27(9-7-26)10-11-30(28,29)25-17-5-3-14(20)18(22)19(17)24-16-4-2-13(23)12-15(16)21/h2-5,12,24-25H,6-11H2,1H3. The molecule has 30 heavy (non-hydrogen) atoms. The molecule has 1 fully saturated rings. The Morgan fingerprint density at radius 2 is 1.67 bits per heavy atom. The summed E-state index contributed by atoms with van der Waals surface area (Å²) in [7, 11) is -1.83. The van der Waals surface area contributed by atoms with Gasteiger partial charge >= 0.3 is 0 Å². The average molecular weight is 554 g/mol. The van der Waals surface area contributed by atoms with E-state index >= 15 is 0 Å². The quantitative estimate of drug-likeness (QED) is 0.514. The van der Waals surface area contributed by atoms with Crippen molar-refractivity contribution in [3.8, 4) is 0 Å². The molecule has 0 radical (unpaired) electrons. The maximum absolute atomic E-state index is 14.4. The molecule has 0 aliphatic carbocycles. The number of piperazine rings is 1. The monoisotopic (exact) mass is 554 g/mol. The lowest BCUT2D eigenvalue weighted by atomic mass is 10.2. The van der Waals surface area contributed by atoms with Gasteiger partial charge in [-0.1, -0.05) is 0 Å². The van der Waals surface area contributed by atoms with Crippen LogP contribution in [-0.4, -0.2) is 63.7 Å². The number of likely N-dealkylation sites (N-methyl/N-ethyl adjacent to an activating group) is 1. The fourth-order valence-electron chi connectivity index (χ4n) is 3.02. The van der Waals surface area contributed by atoms with Gasteiger partial charge in [0, 0.05) is 36.3 Å². The molecule has 11 heteroatoms. The zero-order chi connectivity index (χ0) is 21.9. The van der Waals surface area contributed by atoms with E-state index in [0.717, 1.165) is 38.3 Å². The van der Waals surface area contributed by atoms with E-state index in [1.54, 1.807) is 6.07 Å². The highest BCUT2D eigenvalue weighted by molar-refractivity contribution is 14.1. The third kappa shape index (κ3) is 5.99. The first-order chi connectivity index (χ1) is 14.1. The van der Waals surface area contributed by atoms with Gasteiger partial charge in [-0.15, -0.1) is 0 Å². The number of halogens is 4. The topological polar surface area (TPSA) is 64.7 Å². The van der Waals surface area contributed by atoms with Gasteiger partial charge in [-0.05, 0) is 60.0 Å². The largest absolute Gasteiger partial charge is 0.349 e. The van der Waals surface area contributed by atoms with Crippen LogP contribution in [-0.2, 0) is 10.0 Å². The predicted molar refractivity (Wildman–Crippen MR) is 120 cm³/mol. The van der Waals surface area contributed by atoms with Gasteiger partial charge in [0.2, 0.25) is 10.0 Å². The Bertz CT molecular complexity index is 1020. The second kappa shape index (κ2) is 9.71. The van der Waals surface area contributed by atoms with Gasteiger partial charge in [-0.25, -0.2) is 21.6 Å². The maximum atomic E-state index is 14.4. The Morgan fingerprint density at radius 1 is 1.00 bits per heavy atom. The van der Waals surface area contributed by atoms with Crippen molar-refractivity contribution in [3.63, 3.8) is 0 Å². The van der Waals surface area contributed by atoms with Crippen LogP contribution in [0.3, 0.4) is 0 Å². The van der Waals surface area contributed by atoms with Crippen LogP contribution in [0.2, 0.25) is 0 Å². The van der Waals surface area contributed by atoms with Gasteiger partial charge in [0.05, 0.1) is 17.1 Å². The van der Waals surface area contributed by atoms with Crippen LogP contribution in [0.4, 0.5) is 30.2 Å². The normalized spacial score (nSPS) is 15.9. The molecule has 0 spiro atoms. The molecular formula is C19H22F3IN4O2S. The highest BCUT2D eigenvalue weighted by Crippen LogP contribution is 2.32. The molecule has 0 unspecified atom stereocenters. The molecule has 1 aliphatic heterocycles. The van der Waals surface area contributed by atoms with Crippen LogP contribution < -0.4 is 10.0 Å². The molecular weight excluding hydrogens is 532 g/mol. The molecule has 0 saturated carbocycles. The van der Waals surface area contributed by atoms with E-state index in [4.69, 9.17) is 0 Å². The number of benzene rings is 2. The second-order valence-corrected chi connectivity index (χ2v) is 10.2. The van der Waals surface area contributed by atoms with E-state index in [0.29, 0.717) is 10.1 Å². The smallest absolute Gasteiger partial charge is 0.234 e. The van der Waals surface area contributed by atoms with Gasteiger partial charge in [0.15, 0.2) is 11.6 Å². The SMILES string of the molecule is CN1CCN(CCS(=O)(=O)Nc2ccc(F)c(F)c2Nc2ccc(I)cc2F)CC1. The summed E-state index contributed by atoms with van der Waals surface area (Å²) in [6, 6.07) is 6.11. The fourth-order valence-corrected chi connectivity index (χ4v) is 4.58. The molecule has 0 atom stereocenters. The van der Waals surface area contributed by atoms with Gasteiger partial charge < -0.3 is 10.2 Å². The summed E-state index contributed by atoms with van der Waals surface area (Å²) < 4.78 is 70.4. The first-order valence-corrected chi connectivity index (χ1v) is 12.0. The minimum Gasteiger partial charge on any atom is -0.349 e. The van der Waals surface area contributed by atoms with Crippen LogP contribution in [0.5, 0.6) is 0 Å². The lowest BCUT2D eigenvalue weighted by Gasteiger charge is -2.32. The number of sulfonamides is 1. The van der Waals surface area contributed by atoms with Crippen LogP contribution >= 0.6 is 22.6 Å². The van der Waals surface area contributed by atoms with E-state index in [9.17, 15) is 21.6 Å². The zero-order valence-corrected chi connectivity index (χ0v) is 19.2. The minimum atomic E-state index is -3.84. The van der Waals surface area contributed by atoms with E-state index in [1.165, 1.54) is 12.1 Å². The summed E-state index contributed by atoms with van der Waals surface area (Å²) in [4.78, 5) is 4.19. The summed E-state index contributed by atoms with van der Waals surface area (Å²) in [6.07, 6.45) is 0. The summed E-state index contributed by atoms with van der Waals surface area (Å²) in [5.41, 5.74) is -0.763. The third-order valence-electron chi connectivity index (χ3n) is 4.82. The number of rotatable bonds is 7. The zero-order valence-electron chi connectivity index (χ0n) is 16.3. The highest BCUT2D eigenvalue weighted by atomic mass is 127. The minimum absolute atomic E-state index is 0.0993. The summed E-state index contributed by atoms with van der Waals surface area (Å²) >= 11 is 1.92. The van der Waals surface area contributed by atoms with Crippen molar-refractivity contribution in [3.05, 3.63) is 51.4 Å². The second-order valence-electron chi connectivity index (χ2n) is 7.10. The van der Waals surface area contributed by atoms with E-state index in [-0.39, 0.29) is 17.1 Å². The van der Waals surface area contributed by atoms with E-state index in [1.807, 2.05) is 34.5 Å². The first kappa shape index (κ1) is 23.1. The molecule has 2 aromatic carbocycles. The van der Waals surface area contributed by atoms with Crippen LogP contribution in [0.25, 0.3) is 0 Å². The van der Waals surface area contributed by atoms with Crippen LogP contribution in [0, 0.1) is 21.0 Å². The van der Waals surface area contributed by atoms with E-state index < -0.39 is 33.2 Å². The number of anilines is 3. The Balaban J connectivity index is 1.77. The van der Waals surface area contributed by atoms with Gasteiger partial charge in [0.25, 0.3) is 0 Å². The van der Waals surface area contributed by atoms with Crippen molar-refractivity contribution >= 4 is 49.7 Å². The lowest BCUT2D eigenvalue weighted by molar-refractivity contribution is 0.161. The molecule has 0 amide bonds. The van der Waals surface area contributed by atoms with Crippen molar-refractivity contribution in [1.29, 1.82) is 0 Å². The predicted octanol–water partition coefficient (Wildman–Crippen LogP) is 3.44. The van der Waals surface area contributed by atoms with E-state index in [2.05, 4.69) is 14.9 Å². The molecule has 164 valence electrons. The molecule has 3 rings (SSSR count). The van der Waals surface area contributed by atoms with Gasteiger partial charge in [0.1, 0.15) is 11.5 Å². The maximum Gasteiger partial charge on any atom is 0.234 e. The van der Waals surface area contributed by atoms with Crippen molar-refractivity contribution in [2.75, 3.05) is 55.6 Å². The molecule has 1 saturated heterocycles. The van der Waals surface area contributed by atoms with Crippen molar-refractivity contribution in [1.82, 2.24) is 9.80 Å². The van der Waals surface area contributed by atoms with Gasteiger partial charge in [-0.3, -0.25) is 9.62 Å². The van der Waals surface area contributed by atoms with Crippen molar-refractivity contribution in [2.45, 2.75) is 0 Å². The Morgan fingerprint density at radius 3 is 2.33 bits per heavy atom. The molecule has 1 aliphatic rings. The fraction of sp³-hybridized carbons (Fsp3) is 0.368. The summed E-state index contributed by atoms with van der Waals surface area (Å²) in [6.45, 7) is 3.55. The first-order valence-electron chi connectivity index (χ1n) is 9.26. The number of hydrogen-bond donors (Lipinski definition) is 2. The number of nitrogens with one attached hydrogen (secondary N) is 2. The highest BCUT2D eigenvalue weighted by Gasteiger charge is 2.21. The molecule has 0 bridgehead atoms. The summed E-state index contributed by atoms with van der Waals surface area (Å²) in [5.74, 6) is -3.35. The molecule has 2 N–H and O–H groups in total. The molecule has 1 heterocycles. The number of hydrogen-bond acceptors (Lipinski definition) is 5. The third-order valence-corrected chi connectivity index (χ3v) is 6.75. The van der Waals surface area contributed by atoms with Crippen LogP contribution in [0.15, 0.2) is 30.3 Å². The van der Waals surface area contributed by atoms with Crippen LogP contribution in [0.1, 0.15) is 0 Å². The molecule has 6 nitrogen and oxygen atoms in total. The lowest BCUT2D eigenvalue weighted by Crippen LogP contribution is -2.46. The number of nitrogens with zero attached hydrogens (tertiary/aromatic N) is 2. The van der Waals surface area contributed by atoms with Crippen molar-refractivity contribution < 1.29 is 21.6 Å². The van der Waals surface area contributed by atoms with Crippen molar-refractivity contribution in [2.24, 2.45) is 0 Å². The Labute approximate surface area is 187 Å².